The van der Waals surface area contributed by atoms with Crippen LogP contribution in [-0.4, -0.2) is 36.4 Å². The second kappa shape index (κ2) is 5.49. The van der Waals surface area contributed by atoms with Crippen LogP contribution in [-0.2, 0) is 6.42 Å². The van der Waals surface area contributed by atoms with Gasteiger partial charge in [-0.05, 0) is 31.9 Å². The minimum absolute atomic E-state index is 0.0930. The van der Waals surface area contributed by atoms with Crippen LogP contribution in [0.25, 0.3) is 5.13 Å². The molecule has 2 bridgehead atoms. The van der Waals surface area contributed by atoms with Gasteiger partial charge in [-0.3, -0.25) is 4.79 Å². The topological polar surface area (TPSA) is 63.9 Å². The van der Waals surface area contributed by atoms with E-state index in [-0.39, 0.29) is 18.0 Å². The van der Waals surface area contributed by atoms with E-state index in [1.165, 1.54) is 11.3 Å². The number of amides is 1. The Bertz CT molecular complexity index is 948. The van der Waals surface area contributed by atoms with E-state index < -0.39 is 0 Å². The van der Waals surface area contributed by atoms with Gasteiger partial charge in [-0.25, -0.2) is 15.0 Å². The zero-order valence-corrected chi connectivity index (χ0v) is 14.6. The molecule has 5 heterocycles. The van der Waals surface area contributed by atoms with E-state index in [0.29, 0.717) is 0 Å². The van der Waals surface area contributed by atoms with Crippen molar-refractivity contribution in [3.8, 4) is 5.13 Å². The Labute approximate surface area is 149 Å². The monoisotopic (exact) mass is 351 g/mol. The van der Waals surface area contributed by atoms with Crippen molar-refractivity contribution in [3.05, 3.63) is 58.9 Å². The highest BCUT2D eigenvalue weighted by atomic mass is 32.1. The quantitative estimate of drug-likeness (QED) is 0.712. The zero-order chi connectivity index (χ0) is 17.0. The molecule has 0 radical (unpaired) electrons. The molecule has 5 rings (SSSR count). The Kier molecular flexibility index (Phi) is 3.24. The molecule has 1 fully saturated rings. The van der Waals surface area contributed by atoms with Gasteiger partial charge in [-0.2, -0.15) is 0 Å². The first-order chi connectivity index (χ1) is 12.2. The van der Waals surface area contributed by atoms with Gasteiger partial charge in [0.15, 0.2) is 5.13 Å². The molecule has 0 N–H and O–H groups in total. The Balaban J connectivity index is 1.52. The van der Waals surface area contributed by atoms with E-state index in [4.69, 9.17) is 0 Å². The number of fused-ring (bicyclic) bond motifs is 4. The van der Waals surface area contributed by atoms with Gasteiger partial charge in [0.25, 0.3) is 5.91 Å². The summed E-state index contributed by atoms with van der Waals surface area (Å²) in [6.07, 6.45) is 10.2. The fourth-order valence-corrected chi connectivity index (χ4v) is 4.98. The number of aromatic nitrogens is 4. The van der Waals surface area contributed by atoms with Crippen LogP contribution in [0.4, 0.5) is 0 Å². The highest BCUT2D eigenvalue weighted by Gasteiger charge is 2.44. The first-order valence-electron chi connectivity index (χ1n) is 8.44. The third-order valence-corrected chi connectivity index (χ3v) is 6.32. The van der Waals surface area contributed by atoms with Gasteiger partial charge in [-0.1, -0.05) is 11.3 Å². The molecule has 6 nitrogen and oxygen atoms in total. The fraction of sp³-hybridized carbons (Fsp3) is 0.333. The van der Waals surface area contributed by atoms with Gasteiger partial charge in [0.1, 0.15) is 11.2 Å². The molecule has 3 aromatic heterocycles. The first-order valence-corrected chi connectivity index (χ1v) is 9.26. The lowest BCUT2D eigenvalue weighted by atomic mass is 9.99. The molecular weight excluding hydrogens is 334 g/mol. The van der Waals surface area contributed by atoms with E-state index in [1.807, 2.05) is 47.1 Å². The summed E-state index contributed by atoms with van der Waals surface area (Å²) in [4.78, 5) is 29.3. The maximum Gasteiger partial charge on any atom is 0.266 e. The summed E-state index contributed by atoms with van der Waals surface area (Å²) >= 11 is 1.46. The molecule has 2 aliphatic rings. The number of hydrogen-bond acceptors (Lipinski definition) is 5. The molecule has 2 aliphatic heterocycles. The van der Waals surface area contributed by atoms with E-state index in [0.717, 1.165) is 46.2 Å². The summed E-state index contributed by atoms with van der Waals surface area (Å²) < 4.78 is 1.95. The lowest BCUT2D eigenvalue weighted by molar-refractivity contribution is 0.0648. The standard InChI is InChI=1S/C18H17N5OS/c1-11-16(25-18(21-11)22-6-2-3-7-22)17(24)23-12-4-5-15(23)13-9-19-10-20-14(13)8-12/h2-3,6-7,9-10,12,15H,4-5,8H2,1H3. The largest absolute Gasteiger partial charge is 0.327 e. The van der Waals surface area contributed by atoms with Crippen LogP contribution in [0, 0.1) is 6.92 Å². The SMILES string of the molecule is Cc1nc(-n2cccc2)sc1C(=O)N1C2CCC1c1cncnc1C2. The maximum absolute atomic E-state index is 13.3. The lowest BCUT2D eigenvalue weighted by Gasteiger charge is -2.35. The van der Waals surface area contributed by atoms with Crippen molar-refractivity contribution in [3.63, 3.8) is 0 Å². The van der Waals surface area contributed by atoms with Crippen molar-refractivity contribution in [1.29, 1.82) is 0 Å². The Hall–Kier alpha value is -2.54. The molecule has 7 heteroatoms. The highest BCUT2D eigenvalue weighted by molar-refractivity contribution is 7.16. The summed E-state index contributed by atoms with van der Waals surface area (Å²) in [6, 6.07) is 4.25. The molecule has 0 saturated carbocycles. The van der Waals surface area contributed by atoms with Crippen LogP contribution in [0.15, 0.2) is 37.1 Å². The fourth-order valence-electron chi connectivity index (χ4n) is 4.00. The Morgan fingerprint density at radius 2 is 2.12 bits per heavy atom. The summed E-state index contributed by atoms with van der Waals surface area (Å²) in [5, 5.41) is 0.832. The summed E-state index contributed by atoms with van der Waals surface area (Å²) in [5.74, 6) is 0.0930. The molecule has 0 aromatic carbocycles. The van der Waals surface area contributed by atoms with Crippen LogP contribution in [0.2, 0.25) is 0 Å². The van der Waals surface area contributed by atoms with E-state index >= 15 is 0 Å². The van der Waals surface area contributed by atoms with Crippen molar-refractivity contribution < 1.29 is 4.79 Å². The highest BCUT2D eigenvalue weighted by Crippen LogP contribution is 2.44. The smallest absolute Gasteiger partial charge is 0.266 e. The minimum Gasteiger partial charge on any atom is -0.327 e. The molecule has 25 heavy (non-hydrogen) atoms. The summed E-state index contributed by atoms with van der Waals surface area (Å²) in [6.45, 7) is 1.92. The van der Waals surface area contributed by atoms with Gasteiger partial charge < -0.3 is 9.47 Å². The zero-order valence-electron chi connectivity index (χ0n) is 13.8. The van der Waals surface area contributed by atoms with Gasteiger partial charge in [0.2, 0.25) is 0 Å². The van der Waals surface area contributed by atoms with Crippen molar-refractivity contribution in [1.82, 2.24) is 24.4 Å². The van der Waals surface area contributed by atoms with Crippen LogP contribution < -0.4 is 0 Å². The molecule has 2 unspecified atom stereocenters. The first kappa shape index (κ1) is 14.8. The third kappa shape index (κ3) is 2.22. The number of nitrogens with zero attached hydrogens (tertiary/aromatic N) is 5. The number of carbonyl (C=O) groups is 1. The predicted molar refractivity (Wildman–Crippen MR) is 93.8 cm³/mol. The molecule has 0 aliphatic carbocycles. The van der Waals surface area contributed by atoms with Crippen molar-refractivity contribution >= 4 is 17.2 Å². The predicted octanol–water partition coefficient (Wildman–Crippen LogP) is 2.93. The van der Waals surface area contributed by atoms with Crippen LogP contribution in [0.3, 0.4) is 0 Å². The normalized spacial score (nSPS) is 21.4. The summed E-state index contributed by atoms with van der Waals surface area (Å²) in [7, 11) is 0. The maximum atomic E-state index is 13.3. The van der Waals surface area contributed by atoms with Crippen LogP contribution in [0.1, 0.15) is 45.5 Å². The number of thiazole rings is 1. The average Bonchev–Trinajstić information content (AvgIpc) is 3.33. The number of rotatable bonds is 2. The average molecular weight is 351 g/mol. The van der Waals surface area contributed by atoms with Gasteiger partial charge in [-0.15, -0.1) is 0 Å². The number of carbonyl (C=O) groups excluding carboxylic acids is 1. The third-order valence-electron chi connectivity index (χ3n) is 5.16. The number of hydrogen-bond donors (Lipinski definition) is 0. The van der Waals surface area contributed by atoms with Crippen molar-refractivity contribution in [2.24, 2.45) is 0 Å². The van der Waals surface area contributed by atoms with E-state index in [9.17, 15) is 4.79 Å². The second-order valence-corrected chi connectivity index (χ2v) is 7.57. The Morgan fingerprint density at radius 1 is 1.28 bits per heavy atom. The van der Waals surface area contributed by atoms with Crippen molar-refractivity contribution in [2.45, 2.75) is 38.3 Å². The van der Waals surface area contributed by atoms with Crippen LogP contribution in [0.5, 0.6) is 0 Å². The summed E-state index contributed by atoms with van der Waals surface area (Å²) in [5.41, 5.74) is 3.01. The molecular formula is C18H17N5OS. The van der Waals surface area contributed by atoms with E-state index in [1.54, 1.807) is 6.33 Å². The van der Waals surface area contributed by atoms with Crippen molar-refractivity contribution in [2.75, 3.05) is 0 Å². The molecule has 1 amide bonds. The molecule has 126 valence electrons. The second-order valence-electron chi connectivity index (χ2n) is 6.59. The van der Waals surface area contributed by atoms with Gasteiger partial charge in [0.05, 0.1) is 17.4 Å². The van der Waals surface area contributed by atoms with E-state index in [2.05, 4.69) is 15.0 Å². The van der Waals surface area contributed by atoms with Gasteiger partial charge >= 0.3 is 0 Å². The molecule has 3 aromatic rings. The van der Waals surface area contributed by atoms with Crippen LogP contribution >= 0.6 is 11.3 Å². The van der Waals surface area contributed by atoms with Gasteiger partial charge in [0, 0.05) is 36.6 Å². The molecule has 1 saturated heterocycles. The minimum atomic E-state index is 0.0930. The molecule has 2 atom stereocenters. The Morgan fingerprint density at radius 3 is 2.96 bits per heavy atom. The molecule has 0 spiro atoms. The lowest BCUT2D eigenvalue weighted by Crippen LogP contribution is -2.42. The number of aryl methyl sites for hydroxylation is 1.